The smallest absolute Gasteiger partial charge is 0.147 e. The van der Waals surface area contributed by atoms with Crippen molar-refractivity contribution in [3.8, 4) is 12.3 Å². The minimum atomic E-state index is -0.496. The van der Waals surface area contributed by atoms with Gasteiger partial charge < -0.3 is 18.9 Å². The zero-order chi connectivity index (χ0) is 22.0. The summed E-state index contributed by atoms with van der Waals surface area (Å²) in [5.41, 5.74) is 3.27. The Balaban J connectivity index is 1.43. The van der Waals surface area contributed by atoms with E-state index in [4.69, 9.17) is 25.4 Å². The fraction of sp³-hybridized carbons (Fsp3) is 0.286. The van der Waals surface area contributed by atoms with E-state index in [9.17, 15) is 0 Å². The SMILES string of the molecule is C#C[C@H]1O[C@@H](COCc2ccccc2)[C@@H](OCc2ccccc2)[C@@H]1OCc1ccccc1. The average Bonchev–Trinajstić information content (AvgIpc) is 3.19. The molecule has 0 saturated carbocycles. The second kappa shape index (κ2) is 11.6. The van der Waals surface area contributed by atoms with Gasteiger partial charge in [0.2, 0.25) is 0 Å². The van der Waals surface area contributed by atoms with E-state index in [1.807, 2.05) is 91.0 Å². The van der Waals surface area contributed by atoms with Crippen LogP contribution in [0.1, 0.15) is 16.7 Å². The lowest BCUT2D eigenvalue weighted by atomic mass is 10.1. The molecule has 4 rings (SSSR count). The summed E-state index contributed by atoms with van der Waals surface area (Å²) in [6, 6.07) is 30.1. The minimum Gasteiger partial charge on any atom is -0.374 e. The molecule has 1 heterocycles. The van der Waals surface area contributed by atoms with E-state index in [0.717, 1.165) is 16.7 Å². The van der Waals surface area contributed by atoms with Gasteiger partial charge in [-0.1, -0.05) is 96.9 Å². The first-order valence-corrected chi connectivity index (χ1v) is 10.9. The highest BCUT2D eigenvalue weighted by molar-refractivity contribution is 5.16. The summed E-state index contributed by atoms with van der Waals surface area (Å²) >= 11 is 0. The van der Waals surface area contributed by atoms with Gasteiger partial charge in [-0.2, -0.15) is 0 Å². The second-order valence-electron chi connectivity index (χ2n) is 7.78. The van der Waals surface area contributed by atoms with E-state index in [2.05, 4.69) is 5.92 Å². The maximum atomic E-state index is 6.31. The molecular formula is C28H28O4. The largest absolute Gasteiger partial charge is 0.374 e. The summed E-state index contributed by atoms with van der Waals surface area (Å²) in [7, 11) is 0. The molecule has 4 nitrogen and oxygen atoms in total. The van der Waals surface area contributed by atoms with Crippen LogP contribution in [0.25, 0.3) is 0 Å². The Bertz CT molecular complexity index is 969. The third-order valence-corrected chi connectivity index (χ3v) is 5.44. The summed E-state index contributed by atoms with van der Waals surface area (Å²) in [6.45, 7) is 1.77. The Morgan fingerprint density at radius 1 is 0.656 bits per heavy atom. The quantitative estimate of drug-likeness (QED) is 0.436. The molecule has 0 amide bonds. The molecule has 0 N–H and O–H groups in total. The molecule has 0 spiro atoms. The van der Waals surface area contributed by atoms with Gasteiger partial charge >= 0.3 is 0 Å². The van der Waals surface area contributed by atoms with Gasteiger partial charge in [-0.25, -0.2) is 0 Å². The van der Waals surface area contributed by atoms with Gasteiger partial charge in [0.15, 0.2) is 0 Å². The van der Waals surface area contributed by atoms with Gasteiger partial charge in [0.05, 0.1) is 26.4 Å². The van der Waals surface area contributed by atoms with Crippen molar-refractivity contribution in [1.29, 1.82) is 0 Å². The molecule has 1 aliphatic rings. The van der Waals surface area contributed by atoms with Crippen LogP contribution in [-0.2, 0) is 38.8 Å². The predicted octanol–water partition coefficient (Wildman–Crippen LogP) is 4.77. The summed E-state index contributed by atoms with van der Waals surface area (Å²) in [6.07, 6.45) is 4.26. The van der Waals surface area contributed by atoms with Crippen molar-refractivity contribution in [3.05, 3.63) is 108 Å². The van der Waals surface area contributed by atoms with E-state index in [0.29, 0.717) is 26.4 Å². The molecule has 0 aliphatic carbocycles. The number of ether oxygens (including phenoxy) is 4. The minimum absolute atomic E-state index is 0.316. The number of hydrogen-bond donors (Lipinski definition) is 0. The highest BCUT2D eigenvalue weighted by Crippen LogP contribution is 2.29. The normalized spacial score (nSPS) is 22.5. The predicted molar refractivity (Wildman–Crippen MR) is 124 cm³/mol. The van der Waals surface area contributed by atoms with E-state index in [1.165, 1.54) is 0 Å². The van der Waals surface area contributed by atoms with Crippen LogP contribution < -0.4 is 0 Å². The Labute approximate surface area is 190 Å². The topological polar surface area (TPSA) is 36.9 Å². The first kappa shape index (κ1) is 22.3. The Hall–Kier alpha value is -2.94. The molecule has 0 bridgehead atoms. The molecule has 4 heteroatoms. The van der Waals surface area contributed by atoms with Crippen molar-refractivity contribution in [2.24, 2.45) is 0 Å². The Morgan fingerprint density at radius 3 is 1.62 bits per heavy atom. The average molecular weight is 429 g/mol. The van der Waals surface area contributed by atoms with E-state index in [-0.39, 0.29) is 18.3 Å². The van der Waals surface area contributed by atoms with E-state index < -0.39 is 6.10 Å². The molecule has 3 aromatic rings. The lowest BCUT2D eigenvalue weighted by Crippen LogP contribution is -2.38. The summed E-state index contributed by atoms with van der Waals surface area (Å²) < 4.78 is 24.7. The van der Waals surface area contributed by atoms with Crippen LogP contribution in [0.2, 0.25) is 0 Å². The highest BCUT2D eigenvalue weighted by Gasteiger charge is 2.45. The third-order valence-electron chi connectivity index (χ3n) is 5.44. The zero-order valence-electron chi connectivity index (χ0n) is 18.0. The van der Waals surface area contributed by atoms with Gasteiger partial charge in [0.25, 0.3) is 0 Å². The summed E-state index contributed by atoms with van der Waals surface area (Å²) in [5, 5.41) is 0. The fourth-order valence-corrected chi connectivity index (χ4v) is 3.78. The third kappa shape index (κ3) is 6.06. The Kier molecular flexibility index (Phi) is 8.08. The van der Waals surface area contributed by atoms with Gasteiger partial charge in [0, 0.05) is 0 Å². The second-order valence-corrected chi connectivity index (χ2v) is 7.78. The molecule has 1 saturated heterocycles. The van der Waals surface area contributed by atoms with Crippen molar-refractivity contribution in [1.82, 2.24) is 0 Å². The molecule has 164 valence electrons. The van der Waals surface area contributed by atoms with Crippen molar-refractivity contribution in [2.45, 2.75) is 44.2 Å². The first-order valence-electron chi connectivity index (χ1n) is 10.9. The van der Waals surface area contributed by atoms with Crippen LogP contribution in [0.3, 0.4) is 0 Å². The maximum absolute atomic E-state index is 6.31. The van der Waals surface area contributed by atoms with Gasteiger partial charge in [0.1, 0.15) is 24.4 Å². The Morgan fingerprint density at radius 2 is 1.12 bits per heavy atom. The van der Waals surface area contributed by atoms with Crippen LogP contribution in [0.5, 0.6) is 0 Å². The number of terminal acetylenes is 1. The van der Waals surface area contributed by atoms with Crippen LogP contribution in [0.15, 0.2) is 91.0 Å². The molecule has 0 aromatic heterocycles. The lowest BCUT2D eigenvalue weighted by molar-refractivity contribution is -0.0896. The number of rotatable bonds is 10. The van der Waals surface area contributed by atoms with Crippen LogP contribution in [0.4, 0.5) is 0 Å². The van der Waals surface area contributed by atoms with Crippen molar-refractivity contribution < 1.29 is 18.9 Å². The number of benzene rings is 3. The molecule has 4 atom stereocenters. The molecular weight excluding hydrogens is 400 g/mol. The van der Waals surface area contributed by atoms with Gasteiger partial charge in [-0.15, -0.1) is 6.42 Å². The summed E-state index contributed by atoms with van der Waals surface area (Å²) in [4.78, 5) is 0. The monoisotopic (exact) mass is 428 g/mol. The van der Waals surface area contributed by atoms with Crippen LogP contribution >= 0.6 is 0 Å². The molecule has 1 fully saturated rings. The summed E-state index contributed by atoms with van der Waals surface area (Å²) in [5.74, 6) is 2.73. The van der Waals surface area contributed by atoms with Crippen LogP contribution in [-0.4, -0.2) is 31.0 Å². The zero-order valence-corrected chi connectivity index (χ0v) is 18.0. The molecule has 0 unspecified atom stereocenters. The van der Waals surface area contributed by atoms with Crippen molar-refractivity contribution >= 4 is 0 Å². The van der Waals surface area contributed by atoms with Gasteiger partial charge in [-0.3, -0.25) is 0 Å². The van der Waals surface area contributed by atoms with E-state index in [1.54, 1.807) is 0 Å². The molecule has 0 radical (unpaired) electrons. The molecule has 1 aliphatic heterocycles. The first-order chi connectivity index (χ1) is 15.8. The standard InChI is InChI=1S/C28H28O4/c1-2-25-27(30-19-23-14-8-4-9-15-23)28(31-20-24-16-10-5-11-17-24)26(32-25)21-29-18-22-12-6-3-7-13-22/h1,3-17,25-28H,18-21H2/t25-,26+,27-,28-/m1/s1. The van der Waals surface area contributed by atoms with Crippen LogP contribution in [0, 0.1) is 12.3 Å². The number of hydrogen-bond acceptors (Lipinski definition) is 4. The molecule has 3 aromatic carbocycles. The van der Waals surface area contributed by atoms with Crippen molar-refractivity contribution in [3.63, 3.8) is 0 Å². The maximum Gasteiger partial charge on any atom is 0.147 e. The lowest BCUT2D eigenvalue weighted by Gasteiger charge is -2.24. The van der Waals surface area contributed by atoms with Gasteiger partial charge in [-0.05, 0) is 16.7 Å². The van der Waals surface area contributed by atoms with Crippen molar-refractivity contribution in [2.75, 3.05) is 6.61 Å². The highest BCUT2D eigenvalue weighted by atomic mass is 16.6. The van der Waals surface area contributed by atoms with E-state index >= 15 is 0 Å². The molecule has 32 heavy (non-hydrogen) atoms. The fourth-order valence-electron chi connectivity index (χ4n) is 3.78.